The first-order valence-corrected chi connectivity index (χ1v) is 8.93. The lowest BCUT2D eigenvalue weighted by atomic mass is 9.71. The average molecular weight is 285 g/mol. The lowest BCUT2D eigenvalue weighted by Gasteiger charge is -2.36. The molecule has 2 saturated carbocycles. The molecule has 21 heavy (non-hydrogen) atoms. The largest absolute Gasteiger partial charge is 0.314 e. The van der Waals surface area contributed by atoms with E-state index < -0.39 is 0 Å². The first-order chi connectivity index (χ1) is 10.1. The van der Waals surface area contributed by atoms with E-state index in [0.29, 0.717) is 6.04 Å². The molecule has 1 N–H and O–H groups in total. The molecule has 0 heterocycles. The van der Waals surface area contributed by atoms with E-state index in [9.17, 15) is 0 Å². The van der Waals surface area contributed by atoms with E-state index in [1.54, 1.807) is 5.56 Å². The Morgan fingerprint density at radius 3 is 2.52 bits per heavy atom. The molecule has 116 valence electrons. The quantitative estimate of drug-likeness (QED) is 0.816. The molecular weight excluding hydrogens is 254 g/mol. The number of benzene rings is 1. The summed E-state index contributed by atoms with van der Waals surface area (Å²) < 4.78 is 0. The van der Waals surface area contributed by atoms with Gasteiger partial charge in [0.25, 0.3) is 0 Å². The number of hydrogen-bond donors (Lipinski definition) is 1. The van der Waals surface area contributed by atoms with Crippen molar-refractivity contribution in [2.45, 2.75) is 58.4 Å². The maximum atomic E-state index is 3.70. The fraction of sp³-hybridized carbons (Fsp3) is 0.700. The zero-order chi connectivity index (χ0) is 14.8. The fourth-order valence-corrected chi connectivity index (χ4v) is 4.42. The Bertz CT molecular complexity index is 438. The van der Waals surface area contributed by atoms with Crippen LogP contribution in [0, 0.1) is 23.7 Å². The zero-order valence-electron chi connectivity index (χ0n) is 13.9. The van der Waals surface area contributed by atoms with Crippen LogP contribution in [0.4, 0.5) is 0 Å². The Kier molecular flexibility index (Phi) is 4.69. The molecule has 0 aliphatic heterocycles. The molecule has 3 rings (SSSR count). The molecule has 1 nitrogen and oxygen atoms in total. The van der Waals surface area contributed by atoms with Crippen molar-refractivity contribution in [2.75, 3.05) is 6.54 Å². The van der Waals surface area contributed by atoms with Crippen molar-refractivity contribution in [3.63, 3.8) is 0 Å². The van der Waals surface area contributed by atoms with E-state index in [4.69, 9.17) is 0 Å². The van der Waals surface area contributed by atoms with Crippen molar-refractivity contribution in [3.05, 3.63) is 35.9 Å². The van der Waals surface area contributed by atoms with Crippen molar-refractivity contribution in [2.24, 2.45) is 23.7 Å². The van der Waals surface area contributed by atoms with E-state index in [1.807, 2.05) is 0 Å². The predicted octanol–water partition coefficient (Wildman–Crippen LogP) is 4.84. The molecule has 0 amide bonds. The minimum Gasteiger partial charge on any atom is -0.314 e. The van der Waals surface area contributed by atoms with E-state index in [-0.39, 0.29) is 0 Å². The third-order valence-electron chi connectivity index (χ3n) is 5.72. The Labute approximate surface area is 130 Å². The highest BCUT2D eigenvalue weighted by atomic mass is 14.9. The monoisotopic (exact) mass is 285 g/mol. The summed E-state index contributed by atoms with van der Waals surface area (Å²) in [6.07, 6.45) is 5.76. The Hall–Kier alpha value is -0.820. The lowest BCUT2D eigenvalue weighted by Crippen LogP contribution is -2.36. The molecule has 0 radical (unpaired) electrons. The molecule has 0 aromatic heterocycles. The maximum absolute atomic E-state index is 3.70. The molecule has 1 aromatic rings. The lowest BCUT2D eigenvalue weighted by molar-refractivity contribution is 0.159. The van der Waals surface area contributed by atoms with Gasteiger partial charge in [0, 0.05) is 6.04 Å². The predicted molar refractivity (Wildman–Crippen MR) is 90.4 cm³/mol. The smallest absolute Gasteiger partial charge is 0.00104 e. The fourth-order valence-electron chi connectivity index (χ4n) is 4.42. The maximum Gasteiger partial charge on any atom is 0.00104 e. The van der Waals surface area contributed by atoms with E-state index in [0.717, 1.165) is 29.6 Å². The molecule has 5 unspecified atom stereocenters. The molecule has 0 spiro atoms. The van der Waals surface area contributed by atoms with Crippen LogP contribution < -0.4 is 5.32 Å². The standard InChI is InChI=1S/C20H31N/c1-14(2)21-13-17-10-9-15(3)11-18(17)20-12-19(20)16-7-5-4-6-8-16/h4-8,14-15,17-21H,9-13H2,1-3H3. The Morgan fingerprint density at radius 2 is 1.81 bits per heavy atom. The van der Waals surface area contributed by atoms with Crippen LogP contribution in [-0.4, -0.2) is 12.6 Å². The molecule has 1 aromatic carbocycles. The number of rotatable bonds is 5. The topological polar surface area (TPSA) is 12.0 Å². The second-order valence-electron chi connectivity index (χ2n) is 7.82. The minimum atomic E-state index is 0.620. The summed E-state index contributed by atoms with van der Waals surface area (Å²) in [6, 6.07) is 11.8. The third-order valence-corrected chi connectivity index (χ3v) is 5.72. The first-order valence-electron chi connectivity index (χ1n) is 8.93. The van der Waals surface area contributed by atoms with Gasteiger partial charge in [-0.2, -0.15) is 0 Å². The molecule has 0 saturated heterocycles. The second kappa shape index (κ2) is 6.52. The van der Waals surface area contributed by atoms with Crippen LogP contribution in [0.5, 0.6) is 0 Å². The average Bonchev–Trinajstić information content (AvgIpc) is 3.27. The molecule has 2 aliphatic carbocycles. The van der Waals surface area contributed by atoms with Crippen molar-refractivity contribution in [1.29, 1.82) is 0 Å². The summed E-state index contributed by atoms with van der Waals surface area (Å²) in [5.74, 6) is 4.59. The SMILES string of the molecule is CC1CCC(CNC(C)C)C(C2CC2c2ccccc2)C1. The Morgan fingerprint density at radius 1 is 1.05 bits per heavy atom. The third kappa shape index (κ3) is 3.69. The van der Waals surface area contributed by atoms with E-state index in [2.05, 4.69) is 56.4 Å². The summed E-state index contributed by atoms with van der Waals surface area (Å²) in [7, 11) is 0. The highest BCUT2D eigenvalue weighted by Crippen LogP contribution is 2.57. The van der Waals surface area contributed by atoms with Gasteiger partial charge in [0.2, 0.25) is 0 Å². The van der Waals surface area contributed by atoms with Crippen LogP contribution in [0.1, 0.15) is 57.9 Å². The van der Waals surface area contributed by atoms with Gasteiger partial charge in [-0.05, 0) is 61.0 Å². The number of hydrogen-bond acceptors (Lipinski definition) is 1. The number of nitrogens with one attached hydrogen (secondary N) is 1. The van der Waals surface area contributed by atoms with Gasteiger partial charge in [0.15, 0.2) is 0 Å². The van der Waals surface area contributed by atoms with Gasteiger partial charge >= 0.3 is 0 Å². The van der Waals surface area contributed by atoms with Gasteiger partial charge in [-0.15, -0.1) is 0 Å². The minimum absolute atomic E-state index is 0.620. The van der Waals surface area contributed by atoms with Crippen LogP contribution in [0.15, 0.2) is 30.3 Å². The summed E-state index contributed by atoms with van der Waals surface area (Å²) in [5.41, 5.74) is 1.58. The molecule has 2 fully saturated rings. The van der Waals surface area contributed by atoms with Crippen LogP contribution in [0.3, 0.4) is 0 Å². The molecule has 0 bridgehead atoms. The van der Waals surface area contributed by atoms with Gasteiger partial charge in [-0.25, -0.2) is 0 Å². The van der Waals surface area contributed by atoms with E-state index in [1.165, 1.54) is 32.2 Å². The van der Waals surface area contributed by atoms with Gasteiger partial charge < -0.3 is 5.32 Å². The second-order valence-corrected chi connectivity index (χ2v) is 7.82. The van der Waals surface area contributed by atoms with Gasteiger partial charge in [0.05, 0.1) is 0 Å². The van der Waals surface area contributed by atoms with Crippen molar-refractivity contribution in [1.82, 2.24) is 5.32 Å². The summed E-state index contributed by atoms with van der Waals surface area (Å²) in [6.45, 7) is 8.22. The van der Waals surface area contributed by atoms with Crippen LogP contribution in [0.25, 0.3) is 0 Å². The summed E-state index contributed by atoms with van der Waals surface area (Å²) >= 11 is 0. The molecule has 1 heteroatoms. The van der Waals surface area contributed by atoms with Crippen LogP contribution >= 0.6 is 0 Å². The van der Waals surface area contributed by atoms with Crippen LogP contribution in [-0.2, 0) is 0 Å². The van der Waals surface area contributed by atoms with Crippen molar-refractivity contribution < 1.29 is 0 Å². The highest BCUT2D eigenvalue weighted by Gasteiger charge is 2.47. The van der Waals surface area contributed by atoms with Gasteiger partial charge in [-0.1, -0.05) is 57.5 Å². The summed E-state index contributed by atoms with van der Waals surface area (Å²) in [4.78, 5) is 0. The zero-order valence-corrected chi connectivity index (χ0v) is 13.9. The van der Waals surface area contributed by atoms with Crippen molar-refractivity contribution >= 4 is 0 Å². The Balaban J connectivity index is 1.64. The first kappa shape index (κ1) is 15.1. The van der Waals surface area contributed by atoms with Gasteiger partial charge in [0.1, 0.15) is 0 Å². The summed E-state index contributed by atoms with van der Waals surface area (Å²) in [5, 5.41) is 3.70. The van der Waals surface area contributed by atoms with Gasteiger partial charge in [-0.3, -0.25) is 0 Å². The van der Waals surface area contributed by atoms with Crippen molar-refractivity contribution in [3.8, 4) is 0 Å². The van der Waals surface area contributed by atoms with Crippen LogP contribution in [0.2, 0.25) is 0 Å². The van der Waals surface area contributed by atoms with E-state index >= 15 is 0 Å². The normalized spacial score (nSPS) is 35.9. The highest BCUT2D eigenvalue weighted by molar-refractivity contribution is 5.26. The molecular formula is C20H31N. The molecule has 5 atom stereocenters. The molecule has 2 aliphatic rings.